The van der Waals surface area contributed by atoms with Crippen LogP contribution in [-0.4, -0.2) is 0 Å². The van der Waals surface area contributed by atoms with Crippen LogP contribution in [0.15, 0.2) is 29.6 Å². The van der Waals surface area contributed by atoms with Crippen molar-refractivity contribution >= 4 is 22.9 Å². The van der Waals surface area contributed by atoms with E-state index in [-0.39, 0.29) is 11.1 Å². The molecule has 0 saturated heterocycles. The zero-order chi connectivity index (χ0) is 11.7. The predicted molar refractivity (Wildman–Crippen MR) is 66.5 cm³/mol. The van der Waals surface area contributed by atoms with Crippen LogP contribution in [-0.2, 0) is 0 Å². The van der Waals surface area contributed by atoms with Crippen molar-refractivity contribution in [1.29, 1.82) is 0 Å². The Morgan fingerprint density at radius 1 is 1.31 bits per heavy atom. The second-order valence-electron chi connectivity index (χ2n) is 3.64. The Kier molecular flexibility index (Phi) is 3.28. The summed E-state index contributed by atoms with van der Waals surface area (Å²) in [6.07, 6.45) is 0. The Morgan fingerprint density at radius 2 is 2.06 bits per heavy atom. The number of rotatable bonds is 2. The topological polar surface area (TPSA) is 26.0 Å². The quantitative estimate of drug-likeness (QED) is 0.866. The molecule has 2 rings (SSSR count). The van der Waals surface area contributed by atoms with Crippen molar-refractivity contribution in [3.8, 4) is 0 Å². The smallest absolute Gasteiger partial charge is 0.142 e. The van der Waals surface area contributed by atoms with E-state index >= 15 is 0 Å². The van der Waals surface area contributed by atoms with Gasteiger partial charge in [0.2, 0.25) is 0 Å². The standard InChI is InChI=1S/C12H11ClFNS/c1-7-4-9(6-16-7)12(15)8-2-3-10(13)11(14)5-8/h2-6,12H,15H2,1H3. The maximum atomic E-state index is 13.3. The molecule has 4 heteroatoms. The van der Waals surface area contributed by atoms with Crippen molar-refractivity contribution in [2.24, 2.45) is 5.73 Å². The van der Waals surface area contributed by atoms with Crippen LogP contribution >= 0.6 is 22.9 Å². The average Bonchev–Trinajstić information content (AvgIpc) is 2.68. The highest BCUT2D eigenvalue weighted by Crippen LogP contribution is 2.26. The second-order valence-corrected chi connectivity index (χ2v) is 5.16. The predicted octanol–water partition coefficient (Wildman–Crippen LogP) is 3.90. The molecule has 2 N–H and O–H groups in total. The highest BCUT2D eigenvalue weighted by molar-refractivity contribution is 7.10. The molecule has 0 saturated carbocycles. The Balaban J connectivity index is 2.33. The van der Waals surface area contributed by atoms with Gasteiger partial charge in [0.25, 0.3) is 0 Å². The van der Waals surface area contributed by atoms with Gasteiger partial charge in [0.05, 0.1) is 11.1 Å². The van der Waals surface area contributed by atoms with Crippen molar-refractivity contribution in [2.45, 2.75) is 13.0 Å². The first-order valence-corrected chi connectivity index (χ1v) is 6.09. The lowest BCUT2D eigenvalue weighted by atomic mass is 10.0. The number of aryl methyl sites for hydroxylation is 1. The third-order valence-corrected chi connectivity index (χ3v) is 3.60. The van der Waals surface area contributed by atoms with Crippen LogP contribution < -0.4 is 5.73 Å². The molecule has 0 aliphatic carbocycles. The van der Waals surface area contributed by atoms with Gasteiger partial charge in [-0.2, -0.15) is 0 Å². The molecule has 1 nitrogen and oxygen atoms in total. The minimum atomic E-state index is -0.429. The lowest BCUT2D eigenvalue weighted by molar-refractivity contribution is 0.624. The third kappa shape index (κ3) is 2.26. The first kappa shape index (κ1) is 11.6. The normalized spacial score (nSPS) is 12.8. The molecule has 1 atom stereocenters. The summed E-state index contributed by atoms with van der Waals surface area (Å²) >= 11 is 7.26. The molecule has 16 heavy (non-hydrogen) atoms. The number of benzene rings is 1. The van der Waals surface area contributed by atoms with Gasteiger partial charge in [0.1, 0.15) is 5.82 Å². The van der Waals surface area contributed by atoms with Gasteiger partial charge >= 0.3 is 0 Å². The fourth-order valence-electron chi connectivity index (χ4n) is 1.53. The van der Waals surface area contributed by atoms with Gasteiger partial charge in [0.15, 0.2) is 0 Å². The van der Waals surface area contributed by atoms with Crippen LogP contribution in [0.25, 0.3) is 0 Å². The molecule has 1 aromatic carbocycles. The summed E-state index contributed by atoms with van der Waals surface area (Å²) in [5, 5.41) is 2.12. The van der Waals surface area contributed by atoms with Gasteiger partial charge in [0, 0.05) is 4.88 Å². The van der Waals surface area contributed by atoms with Crippen LogP contribution in [0.3, 0.4) is 0 Å². The van der Waals surface area contributed by atoms with E-state index in [9.17, 15) is 4.39 Å². The summed E-state index contributed by atoms with van der Waals surface area (Å²) in [4.78, 5) is 1.19. The van der Waals surface area contributed by atoms with Crippen molar-refractivity contribution in [3.05, 3.63) is 56.5 Å². The van der Waals surface area contributed by atoms with Crippen molar-refractivity contribution in [1.82, 2.24) is 0 Å². The summed E-state index contributed by atoms with van der Waals surface area (Å²) in [7, 11) is 0. The van der Waals surface area contributed by atoms with Crippen molar-refractivity contribution < 1.29 is 4.39 Å². The van der Waals surface area contributed by atoms with Crippen molar-refractivity contribution in [2.75, 3.05) is 0 Å². The summed E-state index contributed by atoms with van der Waals surface area (Å²) < 4.78 is 13.3. The van der Waals surface area contributed by atoms with Crippen LogP contribution in [0.5, 0.6) is 0 Å². The van der Waals surface area contributed by atoms with E-state index in [2.05, 4.69) is 0 Å². The molecule has 0 bridgehead atoms. The molecule has 1 unspecified atom stereocenters. The van der Waals surface area contributed by atoms with Crippen molar-refractivity contribution in [3.63, 3.8) is 0 Å². The van der Waals surface area contributed by atoms with Gasteiger partial charge < -0.3 is 5.73 Å². The fraction of sp³-hybridized carbons (Fsp3) is 0.167. The van der Waals surface area contributed by atoms with Gasteiger partial charge in [-0.15, -0.1) is 11.3 Å². The highest BCUT2D eigenvalue weighted by Gasteiger charge is 2.12. The van der Waals surface area contributed by atoms with E-state index in [1.54, 1.807) is 17.4 Å². The first-order chi connectivity index (χ1) is 7.58. The number of halogens is 2. The Labute approximate surface area is 103 Å². The molecule has 0 aliphatic rings. The number of hydrogen-bond acceptors (Lipinski definition) is 2. The van der Waals surface area contributed by atoms with Gasteiger partial charge in [-0.1, -0.05) is 17.7 Å². The van der Waals surface area contributed by atoms with Crippen LogP contribution in [0.2, 0.25) is 5.02 Å². The first-order valence-electron chi connectivity index (χ1n) is 4.83. The molecule has 1 aromatic heterocycles. The summed E-state index contributed by atoms with van der Waals surface area (Å²) in [5.74, 6) is -0.429. The lowest BCUT2D eigenvalue weighted by Gasteiger charge is -2.10. The summed E-state index contributed by atoms with van der Waals surface area (Å²) in [6.45, 7) is 2.02. The maximum absolute atomic E-state index is 13.3. The molecule has 0 amide bonds. The molecule has 0 fully saturated rings. The molecule has 1 heterocycles. The van der Waals surface area contributed by atoms with Crippen LogP contribution in [0.4, 0.5) is 4.39 Å². The summed E-state index contributed by atoms with van der Waals surface area (Å²) in [5.41, 5.74) is 7.79. The minimum absolute atomic E-state index is 0.123. The van der Waals surface area contributed by atoms with Gasteiger partial charge in [-0.3, -0.25) is 0 Å². The van der Waals surface area contributed by atoms with Gasteiger partial charge in [-0.25, -0.2) is 4.39 Å². The Bertz CT molecular complexity index is 509. The largest absolute Gasteiger partial charge is 0.320 e. The molecule has 84 valence electrons. The van der Waals surface area contributed by atoms with E-state index in [1.165, 1.54) is 17.0 Å². The molecule has 2 aromatic rings. The fourth-order valence-corrected chi connectivity index (χ4v) is 2.38. The van der Waals surface area contributed by atoms with E-state index in [0.717, 1.165) is 11.1 Å². The number of hydrogen-bond donors (Lipinski definition) is 1. The number of nitrogens with two attached hydrogens (primary N) is 1. The molecular weight excluding hydrogens is 245 g/mol. The number of thiophene rings is 1. The average molecular weight is 256 g/mol. The Hall–Kier alpha value is -0.900. The van der Waals surface area contributed by atoms with E-state index in [0.29, 0.717) is 0 Å². The zero-order valence-corrected chi connectivity index (χ0v) is 10.3. The van der Waals surface area contributed by atoms with Crippen LogP contribution in [0.1, 0.15) is 22.0 Å². The van der Waals surface area contributed by atoms with E-state index in [1.807, 2.05) is 18.4 Å². The molecule has 0 radical (unpaired) electrons. The van der Waals surface area contributed by atoms with Crippen LogP contribution in [0, 0.1) is 12.7 Å². The molecular formula is C12H11ClFNS. The monoisotopic (exact) mass is 255 g/mol. The van der Waals surface area contributed by atoms with Gasteiger partial charge in [-0.05, 0) is 41.6 Å². The Morgan fingerprint density at radius 3 is 2.62 bits per heavy atom. The second kappa shape index (κ2) is 4.53. The SMILES string of the molecule is Cc1cc(C(N)c2ccc(Cl)c(F)c2)cs1. The molecule has 0 spiro atoms. The third-order valence-electron chi connectivity index (χ3n) is 2.41. The lowest BCUT2D eigenvalue weighted by Crippen LogP contribution is -2.11. The van der Waals surface area contributed by atoms with E-state index < -0.39 is 5.82 Å². The highest BCUT2D eigenvalue weighted by atomic mass is 35.5. The van der Waals surface area contributed by atoms with E-state index in [4.69, 9.17) is 17.3 Å². The zero-order valence-electron chi connectivity index (χ0n) is 8.71. The summed E-state index contributed by atoms with van der Waals surface area (Å²) in [6, 6.07) is 6.40. The molecule has 0 aliphatic heterocycles. The maximum Gasteiger partial charge on any atom is 0.142 e. The minimum Gasteiger partial charge on any atom is -0.320 e.